The van der Waals surface area contributed by atoms with Crippen molar-refractivity contribution in [3.8, 4) is 5.69 Å². The minimum atomic E-state index is 0.862. The van der Waals surface area contributed by atoms with Gasteiger partial charge in [0, 0.05) is 39.7 Å². The third kappa shape index (κ3) is 3.00. The summed E-state index contributed by atoms with van der Waals surface area (Å²) in [6.07, 6.45) is 7.65. The van der Waals surface area contributed by atoms with Crippen LogP contribution in [-0.2, 0) is 25.8 Å². The van der Waals surface area contributed by atoms with Crippen molar-refractivity contribution in [1.82, 2.24) is 19.3 Å². The number of fused-ring (bicyclic) bond motifs is 3. The number of benzene rings is 2. The predicted molar refractivity (Wildman–Crippen MR) is 111 cm³/mol. The van der Waals surface area contributed by atoms with E-state index >= 15 is 0 Å². The molecule has 27 heavy (non-hydrogen) atoms. The molecular formula is C22H21BrN4. The quantitative estimate of drug-likeness (QED) is 0.459. The number of para-hydroxylation sites is 1. The molecule has 0 saturated heterocycles. The van der Waals surface area contributed by atoms with Crippen molar-refractivity contribution in [3.05, 3.63) is 76.4 Å². The topological polar surface area (TPSA) is 35.6 Å². The summed E-state index contributed by atoms with van der Waals surface area (Å²) in [7, 11) is 0. The summed E-state index contributed by atoms with van der Waals surface area (Å²) in [5, 5.41) is 9.99. The second kappa shape index (κ2) is 6.97. The molecule has 1 aliphatic carbocycles. The third-order valence-corrected chi connectivity index (χ3v) is 6.10. The molecule has 0 amide bonds. The van der Waals surface area contributed by atoms with Crippen LogP contribution < -0.4 is 0 Å². The molecule has 0 unspecified atom stereocenters. The van der Waals surface area contributed by atoms with Crippen LogP contribution in [0.2, 0.25) is 0 Å². The van der Waals surface area contributed by atoms with Crippen LogP contribution in [0, 0.1) is 0 Å². The van der Waals surface area contributed by atoms with E-state index in [9.17, 15) is 0 Å². The van der Waals surface area contributed by atoms with Gasteiger partial charge in [-0.3, -0.25) is 4.57 Å². The lowest BCUT2D eigenvalue weighted by atomic mass is 9.95. The molecule has 4 aromatic rings. The van der Waals surface area contributed by atoms with Gasteiger partial charge in [0.2, 0.25) is 0 Å². The highest BCUT2D eigenvalue weighted by Crippen LogP contribution is 2.32. The first kappa shape index (κ1) is 16.8. The molecule has 0 saturated carbocycles. The Kier molecular flexibility index (Phi) is 4.32. The van der Waals surface area contributed by atoms with Crippen LogP contribution in [0.3, 0.4) is 0 Å². The molecule has 0 fully saturated rings. The van der Waals surface area contributed by atoms with E-state index in [2.05, 4.69) is 83.8 Å². The van der Waals surface area contributed by atoms with Crippen LogP contribution in [0.5, 0.6) is 0 Å². The summed E-state index contributed by atoms with van der Waals surface area (Å²) >= 11 is 3.50. The monoisotopic (exact) mass is 420 g/mol. The first-order chi connectivity index (χ1) is 13.3. The Bertz CT molecular complexity index is 1090. The van der Waals surface area contributed by atoms with Gasteiger partial charge in [-0.1, -0.05) is 34.1 Å². The lowest BCUT2D eigenvalue weighted by molar-refractivity contribution is 0.602. The molecule has 5 heteroatoms. The summed E-state index contributed by atoms with van der Waals surface area (Å²) in [5.41, 5.74) is 5.54. The van der Waals surface area contributed by atoms with Crippen molar-refractivity contribution in [3.63, 3.8) is 0 Å². The summed E-state index contributed by atoms with van der Waals surface area (Å²) < 4.78 is 5.68. The highest BCUT2D eigenvalue weighted by atomic mass is 79.9. The summed E-state index contributed by atoms with van der Waals surface area (Å²) in [5.74, 6) is 1.000. The Morgan fingerprint density at radius 3 is 2.67 bits per heavy atom. The lowest BCUT2D eigenvalue weighted by Crippen LogP contribution is -2.12. The fraction of sp³-hybridized carbons (Fsp3) is 0.273. The molecule has 0 aliphatic heterocycles. The number of rotatable bonds is 4. The SMILES string of the molecule is Brc1ccc(-n2cnnc2CCn2c3c(c4ccccc42)CCCC3)cc1. The van der Waals surface area contributed by atoms with Gasteiger partial charge in [0.25, 0.3) is 0 Å². The van der Waals surface area contributed by atoms with E-state index in [-0.39, 0.29) is 0 Å². The van der Waals surface area contributed by atoms with E-state index in [0.717, 1.165) is 29.0 Å². The Hall–Kier alpha value is -2.40. The van der Waals surface area contributed by atoms with Crippen LogP contribution in [0.15, 0.2) is 59.3 Å². The molecule has 2 aromatic carbocycles. The van der Waals surface area contributed by atoms with Gasteiger partial charge in [0.05, 0.1) is 0 Å². The lowest BCUT2D eigenvalue weighted by Gasteiger charge is -2.16. The van der Waals surface area contributed by atoms with Gasteiger partial charge in [-0.15, -0.1) is 10.2 Å². The van der Waals surface area contributed by atoms with Crippen LogP contribution in [0.1, 0.15) is 29.9 Å². The molecule has 136 valence electrons. The van der Waals surface area contributed by atoms with Crippen molar-refractivity contribution in [2.75, 3.05) is 0 Å². The van der Waals surface area contributed by atoms with Crippen molar-refractivity contribution in [2.24, 2.45) is 0 Å². The van der Waals surface area contributed by atoms with Gasteiger partial charge in [0.15, 0.2) is 0 Å². The summed E-state index contributed by atoms with van der Waals surface area (Å²) in [4.78, 5) is 0. The zero-order valence-corrected chi connectivity index (χ0v) is 16.7. The second-order valence-corrected chi connectivity index (χ2v) is 8.06. The number of hydrogen-bond donors (Lipinski definition) is 0. The van der Waals surface area contributed by atoms with Crippen molar-refractivity contribution >= 4 is 26.8 Å². The molecule has 0 bridgehead atoms. The van der Waals surface area contributed by atoms with Gasteiger partial charge >= 0.3 is 0 Å². The molecule has 0 N–H and O–H groups in total. The van der Waals surface area contributed by atoms with Crippen LogP contribution in [-0.4, -0.2) is 19.3 Å². The Labute approximate surface area is 167 Å². The van der Waals surface area contributed by atoms with Crippen LogP contribution in [0.25, 0.3) is 16.6 Å². The zero-order chi connectivity index (χ0) is 18.2. The predicted octanol–water partition coefficient (Wildman–Crippen LogP) is 5.11. The van der Waals surface area contributed by atoms with Gasteiger partial charge < -0.3 is 4.57 Å². The fourth-order valence-corrected chi connectivity index (χ4v) is 4.57. The van der Waals surface area contributed by atoms with Gasteiger partial charge in [-0.05, 0) is 61.6 Å². The minimum absolute atomic E-state index is 0.862. The maximum Gasteiger partial charge on any atom is 0.139 e. The van der Waals surface area contributed by atoms with Crippen molar-refractivity contribution in [1.29, 1.82) is 0 Å². The standard InChI is InChI=1S/C22H21BrN4/c23-16-9-11-17(12-10-16)27-15-24-25-22(27)13-14-26-20-7-3-1-5-18(20)19-6-2-4-8-21(19)26/h1,3,5,7,9-12,15H,2,4,6,8,13-14H2. The number of hydrogen-bond acceptors (Lipinski definition) is 2. The van der Waals surface area contributed by atoms with E-state index in [4.69, 9.17) is 0 Å². The normalized spacial score (nSPS) is 13.8. The first-order valence-electron chi connectivity index (χ1n) is 9.55. The van der Waals surface area contributed by atoms with Gasteiger partial charge in [-0.2, -0.15) is 0 Å². The maximum atomic E-state index is 4.39. The van der Waals surface area contributed by atoms with Crippen molar-refractivity contribution < 1.29 is 0 Å². The number of nitrogens with zero attached hydrogens (tertiary/aromatic N) is 4. The fourth-order valence-electron chi connectivity index (χ4n) is 4.30. The highest BCUT2D eigenvalue weighted by Gasteiger charge is 2.20. The Balaban J connectivity index is 1.48. The van der Waals surface area contributed by atoms with E-state index < -0.39 is 0 Å². The van der Waals surface area contributed by atoms with Crippen LogP contribution in [0.4, 0.5) is 0 Å². The van der Waals surface area contributed by atoms with E-state index in [1.54, 1.807) is 5.56 Å². The Morgan fingerprint density at radius 1 is 0.963 bits per heavy atom. The third-order valence-electron chi connectivity index (χ3n) is 5.57. The number of aromatic nitrogens is 4. The highest BCUT2D eigenvalue weighted by molar-refractivity contribution is 9.10. The average Bonchev–Trinajstić information content (AvgIpc) is 3.30. The zero-order valence-electron chi connectivity index (χ0n) is 15.1. The van der Waals surface area contributed by atoms with E-state index in [1.807, 2.05) is 6.33 Å². The smallest absolute Gasteiger partial charge is 0.139 e. The molecule has 0 atom stereocenters. The molecule has 0 spiro atoms. The molecular weight excluding hydrogens is 400 g/mol. The van der Waals surface area contributed by atoms with E-state index in [1.165, 1.54) is 42.3 Å². The largest absolute Gasteiger partial charge is 0.344 e. The molecule has 0 radical (unpaired) electrons. The molecule has 5 rings (SSSR count). The second-order valence-electron chi connectivity index (χ2n) is 7.14. The summed E-state index contributed by atoms with van der Waals surface area (Å²) in [6.45, 7) is 0.936. The molecule has 4 nitrogen and oxygen atoms in total. The van der Waals surface area contributed by atoms with E-state index in [0.29, 0.717) is 0 Å². The summed E-state index contributed by atoms with van der Waals surface area (Å²) in [6, 6.07) is 17.1. The van der Waals surface area contributed by atoms with Crippen LogP contribution >= 0.6 is 15.9 Å². The van der Waals surface area contributed by atoms with Crippen molar-refractivity contribution in [2.45, 2.75) is 38.6 Å². The number of aryl methyl sites for hydroxylation is 3. The number of halogens is 1. The van der Waals surface area contributed by atoms with Gasteiger partial charge in [0.1, 0.15) is 12.2 Å². The minimum Gasteiger partial charge on any atom is -0.344 e. The molecule has 2 heterocycles. The maximum absolute atomic E-state index is 4.39. The molecule has 1 aliphatic rings. The molecule has 2 aromatic heterocycles. The van der Waals surface area contributed by atoms with Gasteiger partial charge in [-0.25, -0.2) is 0 Å². The first-order valence-corrected chi connectivity index (χ1v) is 10.3. The average molecular weight is 421 g/mol. The Morgan fingerprint density at radius 2 is 1.78 bits per heavy atom.